The summed E-state index contributed by atoms with van der Waals surface area (Å²) in [5.41, 5.74) is 0.0574. The first kappa shape index (κ1) is 22.6. The number of anilines is 1. The third-order valence-corrected chi connectivity index (χ3v) is 6.82. The molecule has 0 aliphatic carbocycles. The number of aryl methyl sites for hydroxylation is 2. The Morgan fingerprint density at radius 1 is 1.48 bits per heavy atom. The van der Waals surface area contributed by atoms with E-state index in [4.69, 9.17) is 0 Å². The fraction of sp³-hybridized carbons (Fsp3) is 0.250. The highest BCUT2D eigenvalue weighted by atomic mass is 32.2. The SMILES string of the molecule is C=CCn1c(SC(C)C(=O)Nc2ccc(F)c([N+](=O)[O-])c2)nc2sc(C)c(C)c2c1=O. The van der Waals surface area contributed by atoms with Gasteiger partial charge in [-0.2, -0.15) is 4.39 Å². The summed E-state index contributed by atoms with van der Waals surface area (Å²) in [6.45, 7) is 9.34. The highest BCUT2D eigenvalue weighted by Gasteiger charge is 2.22. The summed E-state index contributed by atoms with van der Waals surface area (Å²) >= 11 is 2.50. The molecule has 0 aliphatic heterocycles. The Morgan fingerprint density at radius 3 is 2.84 bits per heavy atom. The summed E-state index contributed by atoms with van der Waals surface area (Å²) in [5, 5.41) is 13.7. The van der Waals surface area contributed by atoms with Crippen LogP contribution in [0.5, 0.6) is 0 Å². The normalized spacial score (nSPS) is 12.0. The fourth-order valence-corrected chi connectivity index (χ4v) is 4.86. The van der Waals surface area contributed by atoms with Crippen LogP contribution in [-0.4, -0.2) is 25.6 Å². The van der Waals surface area contributed by atoms with Crippen LogP contribution < -0.4 is 10.9 Å². The van der Waals surface area contributed by atoms with Crippen molar-refractivity contribution in [3.63, 3.8) is 0 Å². The second-order valence-corrected chi connectivity index (χ2v) is 9.25. The maximum atomic E-state index is 13.5. The van der Waals surface area contributed by atoms with Gasteiger partial charge in [0, 0.05) is 23.2 Å². The maximum absolute atomic E-state index is 13.5. The molecule has 1 N–H and O–H groups in total. The summed E-state index contributed by atoms with van der Waals surface area (Å²) < 4.78 is 15.0. The van der Waals surface area contributed by atoms with Gasteiger partial charge in [0.05, 0.1) is 15.6 Å². The van der Waals surface area contributed by atoms with E-state index < -0.39 is 27.6 Å². The zero-order valence-corrected chi connectivity index (χ0v) is 18.6. The van der Waals surface area contributed by atoms with Crippen molar-refractivity contribution >= 4 is 50.6 Å². The minimum absolute atomic E-state index is 0.0990. The average Bonchev–Trinajstić information content (AvgIpc) is 2.99. The minimum Gasteiger partial charge on any atom is -0.325 e. The first-order valence-corrected chi connectivity index (χ1v) is 10.9. The number of fused-ring (bicyclic) bond motifs is 1. The molecule has 0 aliphatic rings. The zero-order valence-electron chi connectivity index (χ0n) is 17.0. The number of thiophene rings is 1. The summed E-state index contributed by atoms with van der Waals surface area (Å²) in [5.74, 6) is -1.46. The van der Waals surface area contributed by atoms with Gasteiger partial charge in [-0.25, -0.2) is 4.98 Å². The lowest BCUT2D eigenvalue weighted by atomic mass is 10.2. The van der Waals surface area contributed by atoms with Crippen LogP contribution in [0.15, 0.2) is 40.8 Å². The Labute approximate surface area is 185 Å². The molecular weight excluding hydrogens is 443 g/mol. The van der Waals surface area contributed by atoms with Crippen LogP contribution in [-0.2, 0) is 11.3 Å². The molecule has 8 nitrogen and oxygen atoms in total. The first-order chi connectivity index (χ1) is 14.6. The van der Waals surface area contributed by atoms with E-state index in [2.05, 4.69) is 16.9 Å². The van der Waals surface area contributed by atoms with Gasteiger partial charge in [-0.15, -0.1) is 17.9 Å². The van der Waals surface area contributed by atoms with Gasteiger partial charge in [0.1, 0.15) is 4.83 Å². The molecule has 1 atom stereocenters. The predicted octanol–water partition coefficient (Wildman–Crippen LogP) is 4.43. The Balaban J connectivity index is 1.89. The van der Waals surface area contributed by atoms with E-state index in [0.717, 1.165) is 34.3 Å². The first-order valence-electron chi connectivity index (χ1n) is 9.17. The van der Waals surface area contributed by atoms with Crippen molar-refractivity contribution in [1.82, 2.24) is 9.55 Å². The number of thioether (sulfide) groups is 1. The summed E-state index contributed by atoms with van der Waals surface area (Å²) in [6.07, 6.45) is 1.58. The third kappa shape index (κ3) is 4.52. The number of amides is 1. The lowest BCUT2D eigenvalue weighted by Crippen LogP contribution is -2.26. The number of allylic oxidation sites excluding steroid dienone is 1. The van der Waals surface area contributed by atoms with E-state index >= 15 is 0 Å². The molecule has 0 saturated heterocycles. The summed E-state index contributed by atoms with van der Waals surface area (Å²) in [7, 11) is 0. The molecule has 1 unspecified atom stereocenters. The largest absolute Gasteiger partial charge is 0.325 e. The lowest BCUT2D eigenvalue weighted by molar-refractivity contribution is -0.387. The Kier molecular flexibility index (Phi) is 6.56. The van der Waals surface area contributed by atoms with Gasteiger partial charge < -0.3 is 5.32 Å². The van der Waals surface area contributed by atoms with Crippen LogP contribution in [0.2, 0.25) is 0 Å². The quantitative estimate of drug-likeness (QED) is 0.183. The molecule has 0 radical (unpaired) electrons. The minimum atomic E-state index is -0.988. The molecule has 0 saturated carbocycles. The molecule has 31 heavy (non-hydrogen) atoms. The van der Waals surface area contributed by atoms with Crippen LogP contribution in [0.1, 0.15) is 17.4 Å². The highest BCUT2D eigenvalue weighted by Crippen LogP contribution is 2.30. The lowest BCUT2D eigenvalue weighted by Gasteiger charge is -2.15. The molecule has 0 spiro atoms. The standard InChI is InChI=1S/C20H19FN4O4S2/c1-5-8-24-19(27)16-10(2)11(3)30-18(16)23-20(24)31-12(4)17(26)22-13-6-7-14(21)15(9-13)25(28)29/h5-7,9,12H,1,8H2,2-4H3,(H,22,26). The number of nitro benzene ring substituents is 1. The number of nitro groups is 1. The van der Waals surface area contributed by atoms with Crippen molar-refractivity contribution in [2.45, 2.75) is 37.7 Å². The van der Waals surface area contributed by atoms with E-state index in [1.54, 1.807) is 13.0 Å². The summed E-state index contributed by atoms with van der Waals surface area (Å²) in [4.78, 5) is 41.9. The Bertz CT molecular complexity index is 1270. The smallest absolute Gasteiger partial charge is 0.306 e. The van der Waals surface area contributed by atoms with Crippen LogP contribution >= 0.6 is 23.1 Å². The third-order valence-electron chi connectivity index (χ3n) is 4.63. The number of hydrogen-bond donors (Lipinski definition) is 1. The van der Waals surface area contributed by atoms with Crippen LogP contribution in [0.25, 0.3) is 10.2 Å². The molecule has 0 fully saturated rings. The zero-order chi connectivity index (χ0) is 22.9. The maximum Gasteiger partial charge on any atom is 0.306 e. The number of hydrogen-bond acceptors (Lipinski definition) is 7. The second-order valence-electron chi connectivity index (χ2n) is 6.73. The van der Waals surface area contributed by atoms with E-state index in [1.807, 2.05) is 13.8 Å². The highest BCUT2D eigenvalue weighted by molar-refractivity contribution is 8.00. The number of nitrogens with one attached hydrogen (secondary N) is 1. The number of benzene rings is 1. The van der Waals surface area contributed by atoms with Crippen molar-refractivity contribution in [2.75, 3.05) is 5.32 Å². The van der Waals surface area contributed by atoms with Gasteiger partial charge in [0.2, 0.25) is 11.7 Å². The van der Waals surface area contributed by atoms with Gasteiger partial charge in [0.15, 0.2) is 5.16 Å². The van der Waals surface area contributed by atoms with Crippen molar-refractivity contribution < 1.29 is 14.1 Å². The molecule has 2 aromatic heterocycles. The van der Waals surface area contributed by atoms with Gasteiger partial charge in [-0.05, 0) is 38.5 Å². The van der Waals surface area contributed by atoms with Gasteiger partial charge in [-0.1, -0.05) is 17.8 Å². The van der Waals surface area contributed by atoms with E-state index in [9.17, 15) is 24.1 Å². The monoisotopic (exact) mass is 462 g/mol. The molecule has 0 bridgehead atoms. The predicted molar refractivity (Wildman–Crippen MR) is 121 cm³/mol. The Morgan fingerprint density at radius 2 is 2.19 bits per heavy atom. The van der Waals surface area contributed by atoms with Crippen LogP contribution in [0.3, 0.4) is 0 Å². The van der Waals surface area contributed by atoms with Crippen LogP contribution in [0.4, 0.5) is 15.8 Å². The van der Waals surface area contributed by atoms with Crippen molar-refractivity contribution in [2.24, 2.45) is 0 Å². The van der Waals surface area contributed by atoms with Crippen molar-refractivity contribution in [1.29, 1.82) is 0 Å². The van der Waals surface area contributed by atoms with Gasteiger partial charge in [-0.3, -0.25) is 24.3 Å². The van der Waals surface area contributed by atoms with Gasteiger partial charge in [0.25, 0.3) is 5.56 Å². The number of halogens is 1. The fourth-order valence-electron chi connectivity index (χ4n) is 2.87. The molecule has 1 aromatic carbocycles. The molecule has 162 valence electrons. The topological polar surface area (TPSA) is 107 Å². The van der Waals surface area contributed by atoms with E-state index in [1.165, 1.54) is 22.0 Å². The van der Waals surface area contributed by atoms with Gasteiger partial charge >= 0.3 is 5.69 Å². The number of carbonyl (C=O) groups excluding carboxylic acids is 1. The molecule has 2 heterocycles. The van der Waals surface area contributed by atoms with Crippen molar-refractivity contribution in [3.05, 3.63) is 67.6 Å². The van der Waals surface area contributed by atoms with E-state index in [0.29, 0.717) is 15.4 Å². The molecular formula is C20H19FN4O4S2. The average molecular weight is 463 g/mol. The molecule has 1 amide bonds. The van der Waals surface area contributed by atoms with E-state index in [-0.39, 0.29) is 17.8 Å². The molecule has 3 rings (SSSR count). The number of rotatable bonds is 7. The molecule has 11 heteroatoms. The number of carbonyl (C=O) groups is 1. The van der Waals surface area contributed by atoms with Crippen LogP contribution in [0, 0.1) is 29.8 Å². The Hall–Kier alpha value is -3.05. The second kappa shape index (κ2) is 8.98. The number of aromatic nitrogens is 2. The van der Waals surface area contributed by atoms with Crippen molar-refractivity contribution in [3.8, 4) is 0 Å². The molecule has 3 aromatic rings. The number of nitrogens with zero attached hydrogens (tertiary/aromatic N) is 3. The summed E-state index contributed by atoms with van der Waals surface area (Å²) in [6, 6.07) is 3.12.